The lowest BCUT2D eigenvalue weighted by Gasteiger charge is -2.11. The van der Waals surface area contributed by atoms with Crippen LogP contribution in [0.2, 0.25) is 0 Å². The highest BCUT2D eigenvalue weighted by Crippen LogP contribution is 2.27. The number of esters is 1. The molecule has 0 radical (unpaired) electrons. The number of hydrogen-bond acceptors (Lipinski definition) is 6. The Morgan fingerprint density at radius 2 is 1.49 bits per heavy atom. The smallest absolute Gasteiger partial charge is 0.343 e. The van der Waals surface area contributed by atoms with Gasteiger partial charge in [-0.1, -0.05) is 60.7 Å². The number of nitrogens with zero attached hydrogens (tertiary/aromatic N) is 1. The summed E-state index contributed by atoms with van der Waals surface area (Å²) in [6.45, 7) is 0. The number of ether oxygens (including phenoxy) is 2. The van der Waals surface area contributed by atoms with Crippen LogP contribution in [0, 0.1) is 0 Å². The van der Waals surface area contributed by atoms with Gasteiger partial charge in [-0.25, -0.2) is 10.2 Å². The van der Waals surface area contributed by atoms with Crippen molar-refractivity contribution in [2.45, 2.75) is 0 Å². The Labute approximate surface area is 201 Å². The molecule has 0 saturated carbocycles. The van der Waals surface area contributed by atoms with Crippen molar-refractivity contribution < 1.29 is 23.9 Å². The summed E-state index contributed by atoms with van der Waals surface area (Å²) in [4.78, 5) is 37.2. The number of fused-ring (bicyclic) bond motifs is 1. The average Bonchev–Trinajstić information content (AvgIpc) is 2.90. The molecule has 0 unspecified atom stereocenters. The molecule has 0 aliphatic rings. The first-order valence-corrected chi connectivity index (χ1v) is 10.6. The molecule has 4 aromatic rings. The van der Waals surface area contributed by atoms with E-state index >= 15 is 0 Å². The van der Waals surface area contributed by atoms with Crippen molar-refractivity contribution in [3.63, 3.8) is 0 Å². The lowest BCUT2D eigenvalue weighted by atomic mass is 10.0. The molecule has 4 aromatic carbocycles. The number of anilines is 1. The number of benzene rings is 4. The standard InChI is InChI=1S/C27H21N3O5/c1-34-24-14-8-7-13-22(24)29-25(31)26(32)30-28-17-21-20-12-6-5-9-18(20)15-16-23(21)35-27(33)19-10-3-2-4-11-19/h2-17H,1H3,(H,29,31)(H,30,32). The minimum Gasteiger partial charge on any atom is -0.495 e. The fourth-order valence-corrected chi connectivity index (χ4v) is 3.36. The van der Waals surface area contributed by atoms with Gasteiger partial charge >= 0.3 is 17.8 Å². The molecule has 0 saturated heterocycles. The Bertz CT molecular complexity index is 1420. The summed E-state index contributed by atoms with van der Waals surface area (Å²) in [5, 5.41) is 8.04. The van der Waals surface area contributed by atoms with Crippen molar-refractivity contribution in [3.05, 3.63) is 102 Å². The largest absolute Gasteiger partial charge is 0.495 e. The number of hydrogen-bond donors (Lipinski definition) is 2. The van der Waals surface area contributed by atoms with E-state index in [1.165, 1.54) is 13.3 Å². The van der Waals surface area contributed by atoms with Gasteiger partial charge in [-0.05, 0) is 41.1 Å². The second-order valence-electron chi connectivity index (χ2n) is 7.31. The van der Waals surface area contributed by atoms with Gasteiger partial charge in [0.1, 0.15) is 11.5 Å². The summed E-state index contributed by atoms with van der Waals surface area (Å²) in [5.41, 5.74) is 3.42. The zero-order chi connectivity index (χ0) is 24.6. The van der Waals surface area contributed by atoms with Gasteiger partial charge in [0.2, 0.25) is 0 Å². The van der Waals surface area contributed by atoms with Crippen molar-refractivity contribution in [3.8, 4) is 11.5 Å². The van der Waals surface area contributed by atoms with E-state index in [0.717, 1.165) is 10.8 Å². The third-order valence-corrected chi connectivity index (χ3v) is 5.06. The molecule has 2 amide bonds. The summed E-state index contributed by atoms with van der Waals surface area (Å²) in [7, 11) is 1.46. The third-order valence-electron chi connectivity index (χ3n) is 5.06. The van der Waals surface area contributed by atoms with Crippen LogP contribution in [0.4, 0.5) is 5.69 Å². The maximum absolute atomic E-state index is 12.6. The van der Waals surface area contributed by atoms with E-state index < -0.39 is 17.8 Å². The zero-order valence-electron chi connectivity index (χ0n) is 18.7. The third kappa shape index (κ3) is 5.51. The van der Waals surface area contributed by atoms with Crippen molar-refractivity contribution in [1.82, 2.24) is 5.43 Å². The number of rotatable bonds is 6. The van der Waals surface area contributed by atoms with Crippen molar-refractivity contribution in [2.75, 3.05) is 12.4 Å². The highest BCUT2D eigenvalue weighted by molar-refractivity contribution is 6.39. The van der Waals surface area contributed by atoms with E-state index in [9.17, 15) is 14.4 Å². The van der Waals surface area contributed by atoms with Gasteiger partial charge in [-0.15, -0.1) is 0 Å². The minimum atomic E-state index is -0.977. The van der Waals surface area contributed by atoms with Gasteiger partial charge in [-0.2, -0.15) is 5.10 Å². The predicted octanol–water partition coefficient (Wildman–Crippen LogP) is 4.16. The van der Waals surface area contributed by atoms with Crippen LogP contribution < -0.4 is 20.2 Å². The highest BCUT2D eigenvalue weighted by Gasteiger charge is 2.16. The maximum atomic E-state index is 12.6. The number of carbonyl (C=O) groups is 3. The molecule has 174 valence electrons. The normalized spacial score (nSPS) is 10.7. The number of methoxy groups -OCH3 is 1. The van der Waals surface area contributed by atoms with E-state index in [2.05, 4.69) is 15.8 Å². The van der Waals surface area contributed by atoms with Crippen LogP contribution in [0.3, 0.4) is 0 Å². The molecule has 0 heterocycles. The van der Waals surface area contributed by atoms with E-state index in [1.54, 1.807) is 60.7 Å². The second-order valence-corrected chi connectivity index (χ2v) is 7.31. The molecule has 4 rings (SSSR count). The first kappa shape index (κ1) is 23.2. The SMILES string of the molecule is COc1ccccc1NC(=O)C(=O)NN=Cc1c(OC(=O)c2ccccc2)ccc2ccccc12. The monoisotopic (exact) mass is 467 g/mol. The van der Waals surface area contributed by atoms with E-state index in [1.807, 2.05) is 30.3 Å². The summed E-state index contributed by atoms with van der Waals surface area (Å²) in [5.74, 6) is -1.75. The maximum Gasteiger partial charge on any atom is 0.343 e. The number of amides is 2. The van der Waals surface area contributed by atoms with Gasteiger partial charge in [0.05, 0.1) is 24.6 Å². The molecule has 35 heavy (non-hydrogen) atoms. The molecule has 0 fully saturated rings. The van der Waals surface area contributed by atoms with E-state index in [0.29, 0.717) is 22.6 Å². The Hall–Kier alpha value is -4.98. The molecule has 8 heteroatoms. The van der Waals surface area contributed by atoms with Crippen molar-refractivity contribution in [1.29, 1.82) is 0 Å². The summed E-state index contributed by atoms with van der Waals surface area (Å²) in [6.07, 6.45) is 1.34. The lowest BCUT2D eigenvalue weighted by Crippen LogP contribution is -2.32. The van der Waals surface area contributed by atoms with Crippen LogP contribution in [-0.4, -0.2) is 31.1 Å². The fraction of sp³-hybridized carbons (Fsp3) is 0.0370. The van der Waals surface area contributed by atoms with Gasteiger partial charge < -0.3 is 14.8 Å². The van der Waals surface area contributed by atoms with Crippen LogP contribution in [0.25, 0.3) is 10.8 Å². The molecule has 0 spiro atoms. The number of nitrogens with one attached hydrogen (secondary N) is 2. The zero-order valence-corrected chi connectivity index (χ0v) is 18.7. The molecule has 8 nitrogen and oxygen atoms in total. The summed E-state index contributed by atoms with van der Waals surface area (Å²) < 4.78 is 10.8. The van der Waals surface area contributed by atoms with Crippen molar-refractivity contribution >= 4 is 40.5 Å². The van der Waals surface area contributed by atoms with Gasteiger partial charge in [0.15, 0.2) is 0 Å². The van der Waals surface area contributed by atoms with Crippen molar-refractivity contribution in [2.24, 2.45) is 5.10 Å². The van der Waals surface area contributed by atoms with Gasteiger partial charge in [-0.3, -0.25) is 9.59 Å². The average molecular weight is 467 g/mol. The summed E-state index contributed by atoms with van der Waals surface area (Å²) in [6, 6.07) is 26.2. The topological polar surface area (TPSA) is 106 Å². The lowest BCUT2D eigenvalue weighted by molar-refractivity contribution is -0.136. The molecule has 0 atom stereocenters. The van der Waals surface area contributed by atoms with E-state index in [-0.39, 0.29) is 5.75 Å². The van der Waals surface area contributed by atoms with Crippen LogP contribution in [0.1, 0.15) is 15.9 Å². The minimum absolute atomic E-state index is 0.258. The first-order valence-electron chi connectivity index (χ1n) is 10.6. The number of carbonyl (C=O) groups excluding carboxylic acids is 3. The molecular weight excluding hydrogens is 446 g/mol. The molecule has 0 aliphatic carbocycles. The van der Waals surface area contributed by atoms with Gasteiger partial charge in [0, 0.05) is 5.56 Å². The Morgan fingerprint density at radius 3 is 2.29 bits per heavy atom. The quantitative estimate of drug-likeness (QED) is 0.146. The molecular formula is C27H21N3O5. The highest BCUT2D eigenvalue weighted by atomic mass is 16.5. The van der Waals surface area contributed by atoms with Crippen LogP contribution in [-0.2, 0) is 9.59 Å². The van der Waals surface area contributed by atoms with E-state index in [4.69, 9.17) is 9.47 Å². The number of para-hydroxylation sites is 2. The second kappa shape index (κ2) is 10.8. The molecule has 0 aliphatic heterocycles. The molecule has 2 N–H and O–H groups in total. The molecule has 0 aromatic heterocycles. The fourth-order valence-electron chi connectivity index (χ4n) is 3.36. The summed E-state index contributed by atoms with van der Waals surface area (Å²) >= 11 is 0. The Kier molecular flexibility index (Phi) is 7.13. The Balaban J connectivity index is 1.54. The van der Waals surface area contributed by atoms with Crippen LogP contribution >= 0.6 is 0 Å². The predicted molar refractivity (Wildman–Crippen MR) is 133 cm³/mol. The van der Waals surface area contributed by atoms with Gasteiger partial charge in [0.25, 0.3) is 0 Å². The first-order chi connectivity index (χ1) is 17.1. The molecule has 0 bridgehead atoms. The van der Waals surface area contributed by atoms with Crippen LogP contribution in [0.15, 0.2) is 96.1 Å². The Morgan fingerprint density at radius 1 is 0.771 bits per heavy atom. The van der Waals surface area contributed by atoms with Crippen LogP contribution in [0.5, 0.6) is 11.5 Å². The number of hydrazone groups is 1.